The van der Waals surface area contributed by atoms with Gasteiger partial charge in [-0.3, -0.25) is 0 Å². The number of ether oxygens (including phenoxy) is 1. The van der Waals surface area contributed by atoms with E-state index in [2.05, 4.69) is 10.3 Å². The van der Waals surface area contributed by atoms with Crippen LogP contribution in [-0.4, -0.2) is 24.2 Å². The van der Waals surface area contributed by atoms with E-state index in [4.69, 9.17) is 9.15 Å². The van der Waals surface area contributed by atoms with Crippen LogP contribution in [-0.2, 0) is 17.5 Å². The highest BCUT2D eigenvalue weighted by atomic mass is 19.4. The second kappa shape index (κ2) is 6.13. The van der Waals surface area contributed by atoms with Crippen molar-refractivity contribution < 1.29 is 22.3 Å². The normalized spacial score (nSPS) is 19.1. The summed E-state index contributed by atoms with van der Waals surface area (Å²) >= 11 is 0. The minimum atomic E-state index is -4.47. The minimum absolute atomic E-state index is 0.0688. The summed E-state index contributed by atoms with van der Waals surface area (Å²) in [5.74, 6) is 0.250. The van der Waals surface area contributed by atoms with E-state index in [1.54, 1.807) is 6.07 Å². The summed E-state index contributed by atoms with van der Waals surface area (Å²) in [6.07, 6.45) is -3.60. The Hall–Kier alpha value is -1.60. The van der Waals surface area contributed by atoms with E-state index in [-0.39, 0.29) is 23.1 Å². The van der Waals surface area contributed by atoms with Gasteiger partial charge in [-0.15, -0.1) is 0 Å². The van der Waals surface area contributed by atoms with E-state index in [1.165, 1.54) is 0 Å². The van der Waals surface area contributed by atoms with Crippen molar-refractivity contribution in [3.63, 3.8) is 0 Å². The maximum Gasteiger partial charge on any atom is 0.420 e. The Morgan fingerprint density at radius 2 is 2.13 bits per heavy atom. The summed E-state index contributed by atoms with van der Waals surface area (Å²) in [6.45, 7) is 5.29. The van der Waals surface area contributed by atoms with E-state index < -0.39 is 11.7 Å². The van der Waals surface area contributed by atoms with Crippen LogP contribution >= 0.6 is 0 Å². The predicted molar refractivity (Wildman–Crippen MR) is 79.2 cm³/mol. The zero-order valence-corrected chi connectivity index (χ0v) is 13.0. The lowest BCUT2D eigenvalue weighted by molar-refractivity contribution is -0.136. The van der Waals surface area contributed by atoms with Crippen LogP contribution < -0.4 is 5.32 Å². The zero-order valence-electron chi connectivity index (χ0n) is 13.0. The monoisotopic (exact) mass is 328 g/mol. The first-order valence-electron chi connectivity index (χ1n) is 7.66. The Bertz CT molecular complexity index is 688. The van der Waals surface area contributed by atoms with Crippen molar-refractivity contribution in [2.45, 2.75) is 44.9 Å². The molecule has 2 aromatic rings. The lowest BCUT2D eigenvalue weighted by Crippen LogP contribution is -2.28. The standard InChI is InChI=1S/C16H19F3N2O2/c1-9(2)15-21-13-6-10(7-20-11-3-4-22-8-11)5-12(14(13)23-15)16(17,18)19/h5-6,9,11,20H,3-4,7-8H2,1-2H3. The Labute approximate surface area is 132 Å². The van der Waals surface area contributed by atoms with Gasteiger partial charge in [0.1, 0.15) is 11.1 Å². The number of fused-ring (bicyclic) bond motifs is 1. The van der Waals surface area contributed by atoms with Gasteiger partial charge < -0.3 is 14.5 Å². The van der Waals surface area contributed by atoms with Gasteiger partial charge in [0.25, 0.3) is 0 Å². The largest absolute Gasteiger partial charge is 0.440 e. The predicted octanol–water partition coefficient (Wildman–Crippen LogP) is 3.85. The fourth-order valence-corrected chi connectivity index (χ4v) is 2.63. The molecule has 3 rings (SSSR count). The molecule has 1 aliphatic heterocycles. The fraction of sp³-hybridized carbons (Fsp3) is 0.562. The molecular formula is C16H19F3N2O2. The van der Waals surface area contributed by atoms with Crippen LogP contribution in [0.25, 0.3) is 11.1 Å². The molecular weight excluding hydrogens is 309 g/mol. The molecule has 1 unspecified atom stereocenters. The summed E-state index contributed by atoms with van der Waals surface area (Å²) in [6, 6.07) is 2.98. The van der Waals surface area contributed by atoms with Gasteiger partial charge in [0.15, 0.2) is 11.5 Å². The first-order chi connectivity index (χ1) is 10.8. The van der Waals surface area contributed by atoms with E-state index >= 15 is 0 Å². The molecule has 23 heavy (non-hydrogen) atoms. The first kappa shape index (κ1) is 16.3. The molecule has 7 heteroatoms. The molecule has 1 atom stereocenters. The molecule has 1 aliphatic rings. The van der Waals surface area contributed by atoms with Gasteiger partial charge in [-0.25, -0.2) is 4.98 Å². The highest BCUT2D eigenvalue weighted by Crippen LogP contribution is 2.37. The van der Waals surface area contributed by atoms with Gasteiger partial charge >= 0.3 is 6.18 Å². The number of rotatable bonds is 4. The van der Waals surface area contributed by atoms with Crippen molar-refractivity contribution in [1.82, 2.24) is 10.3 Å². The lowest BCUT2D eigenvalue weighted by Gasteiger charge is -2.12. The topological polar surface area (TPSA) is 47.3 Å². The summed E-state index contributed by atoms with van der Waals surface area (Å²) in [4.78, 5) is 4.21. The third-order valence-corrected chi connectivity index (χ3v) is 3.89. The second-order valence-corrected chi connectivity index (χ2v) is 6.14. The van der Waals surface area contributed by atoms with Crippen molar-refractivity contribution in [2.75, 3.05) is 13.2 Å². The summed E-state index contributed by atoms with van der Waals surface area (Å²) in [5, 5.41) is 3.22. The number of benzene rings is 1. The number of halogens is 3. The van der Waals surface area contributed by atoms with Gasteiger partial charge in [0.2, 0.25) is 0 Å². The molecule has 4 nitrogen and oxygen atoms in total. The number of alkyl halides is 3. The third-order valence-electron chi connectivity index (χ3n) is 3.89. The van der Waals surface area contributed by atoms with Crippen LogP contribution in [0.5, 0.6) is 0 Å². The molecule has 0 spiro atoms. The molecule has 2 heterocycles. The van der Waals surface area contributed by atoms with Crippen molar-refractivity contribution in [2.24, 2.45) is 0 Å². The van der Waals surface area contributed by atoms with Crippen LogP contribution in [0.2, 0.25) is 0 Å². The van der Waals surface area contributed by atoms with Gasteiger partial charge in [-0.1, -0.05) is 13.8 Å². The third kappa shape index (κ3) is 3.50. The highest BCUT2D eigenvalue weighted by molar-refractivity contribution is 5.78. The molecule has 1 saturated heterocycles. The Balaban J connectivity index is 1.95. The minimum Gasteiger partial charge on any atom is -0.440 e. The lowest BCUT2D eigenvalue weighted by atomic mass is 10.1. The molecule has 126 valence electrons. The molecule has 0 saturated carbocycles. The fourth-order valence-electron chi connectivity index (χ4n) is 2.63. The quantitative estimate of drug-likeness (QED) is 0.926. The van der Waals surface area contributed by atoms with Crippen LogP contribution in [0, 0.1) is 0 Å². The first-order valence-corrected chi connectivity index (χ1v) is 7.66. The number of hydrogen-bond donors (Lipinski definition) is 1. The smallest absolute Gasteiger partial charge is 0.420 e. The summed E-state index contributed by atoms with van der Waals surface area (Å²) in [5.41, 5.74) is -0.161. The number of oxazole rings is 1. The molecule has 1 aromatic carbocycles. The van der Waals surface area contributed by atoms with Crippen LogP contribution in [0.1, 0.15) is 43.2 Å². The van der Waals surface area contributed by atoms with Gasteiger partial charge in [0, 0.05) is 25.1 Å². The molecule has 0 bridgehead atoms. The van der Waals surface area contributed by atoms with E-state index in [0.29, 0.717) is 31.2 Å². The maximum atomic E-state index is 13.3. The maximum absolute atomic E-state index is 13.3. The Morgan fingerprint density at radius 1 is 1.35 bits per heavy atom. The molecule has 0 radical (unpaired) electrons. The van der Waals surface area contributed by atoms with E-state index in [0.717, 1.165) is 12.5 Å². The van der Waals surface area contributed by atoms with Gasteiger partial charge in [-0.05, 0) is 24.1 Å². The van der Waals surface area contributed by atoms with Gasteiger partial charge in [-0.2, -0.15) is 13.2 Å². The van der Waals surface area contributed by atoms with Crippen molar-refractivity contribution in [3.05, 3.63) is 29.2 Å². The van der Waals surface area contributed by atoms with Crippen molar-refractivity contribution in [1.29, 1.82) is 0 Å². The number of nitrogens with one attached hydrogen (secondary N) is 1. The van der Waals surface area contributed by atoms with Crippen molar-refractivity contribution >= 4 is 11.1 Å². The van der Waals surface area contributed by atoms with Crippen LogP contribution in [0.4, 0.5) is 13.2 Å². The number of aromatic nitrogens is 1. The Morgan fingerprint density at radius 3 is 2.74 bits per heavy atom. The van der Waals surface area contributed by atoms with Gasteiger partial charge in [0.05, 0.1) is 6.61 Å². The number of nitrogens with zero attached hydrogens (tertiary/aromatic N) is 1. The van der Waals surface area contributed by atoms with Crippen molar-refractivity contribution in [3.8, 4) is 0 Å². The highest BCUT2D eigenvalue weighted by Gasteiger charge is 2.35. The Kier molecular flexibility index (Phi) is 4.33. The SMILES string of the molecule is CC(C)c1nc2cc(CNC3CCOC3)cc(C(F)(F)F)c2o1. The van der Waals surface area contributed by atoms with E-state index in [9.17, 15) is 13.2 Å². The average molecular weight is 328 g/mol. The molecule has 1 N–H and O–H groups in total. The van der Waals surface area contributed by atoms with E-state index in [1.807, 2.05) is 13.8 Å². The average Bonchev–Trinajstić information content (AvgIpc) is 3.12. The summed E-state index contributed by atoms with van der Waals surface area (Å²) < 4.78 is 50.6. The molecule has 1 aromatic heterocycles. The summed E-state index contributed by atoms with van der Waals surface area (Å²) in [7, 11) is 0. The zero-order chi connectivity index (χ0) is 16.6. The molecule has 0 aliphatic carbocycles. The second-order valence-electron chi connectivity index (χ2n) is 6.14. The molecule has 0 amide bonds. The van der Waals surface area contributed by atoms with Crippen LogP contribution in [0.15, 0.2) is 16.5 Å². The van der Waals surface area contributed by atoms with Crippen LogP contribution in [0.3, 0.4) is 0 Å². The molecule has 1 fully saturated rings. The number of hydrogen-bond acceptors (Lipinski definition) is 4.